The monoisotopic (exact) mass is 278 g/mol. The number of anilines is 1. The van der Waals surface area contributed by atoms with Gasteiger partial charge >= 0.3 is 0 Å². The molecule has 20 heavy (non-hydrogen) atoms. The molecule has 4 heteroatoms. The van der Waals surface area contributed by atoms with Crippen LogP contribution in [0.25, 0.3) is 0 Å². The highest BCUT2D eigenvalue weighted by molar-refractivity contribution is 5.95. The summed E-state index contributed by atoms with van der Waals surface area (Å²) in [4.78, 5) is 14.6. The maximum Gasteiger partial charge on any atom is 0.254 e. The molecule has 0 radical (unpaired) electrons. The van der Waals surface area contributed by atoms with Gasteiger partial charge in [-0.05, 0) is 31.9 Å². The van der Waals surface area contributed by atoms with Gasteiger partial charge in [0.1, 0.15) is 5.75 Å². The lowest BCUT2D eigenvalue weighted by Crippen LogP contribution is -2.39. The van der Waals surface area contributed by atoms with E-state index in [9.17, 15) is 4.79 Å². The van der Waals surface area contributed by atoms with Gasteiger partial charge in [0.2, 0.25) is 0 Å². The first-order chi connectivity index (χ1) is 9.53. The van der Waals surface area contributed by atoms with E-state index in [1.807, 2.05) is 4.90 Å². The summed E-state index contributed by atoms with van der Waals surface area (Å²) in [6.45, 7) is 7.08. The number of hydrogen-bond acceptors (Lipinski definition) is 3. The smallest absolute Gasteiger partial charge is 0.254 e. The molecule has 0 aromatic heterocycles. The van der Waals surface area contributed by atoms with Crippen molar-refractivity contribution >= 4 is 11.6 Å². The second kappa shape index (κ2) is 7.78. The average molecular weight is 278 g/mol. The Balaban J connectivity index is 3.01. The molecule has 1 rings (SSSR count). The van der Waals surface area contributed by atoms with Gasteiger partial charge in [-0.3, -0.25) is 4.79 Å². The van der Waals surface area contributed by atoms with Crippen LogP contribution in [0.4, 0.5) is 5.69 Å². The van der Waals surface area contributed by atoms with Crippen LogP contribution in [-0.2, 0) is 0 Å². The van der Waals surface area contributed by atoms with E-state index in [1.165, 1.54) is 0 Å². The van der Waals surface area contributed by atoms with Crippen molar-refractivity contribution in [2.24, 2.45) is 0 Å². The summed E-state index contributed by atoms with van der Waals surface area (Å²) in [5.74, 6) is 0.645. The zero-order chi connectivity index (χ0) is 15.1. The first kappa shape index (κ1) is 16.3. The maximum atomic E-state index is 12.7. The van der Waals surface area contributed by atoms with Crippen LogP contribution >= 0.6 is 0 Å². The van der Waals surface area contributed by atoms with E-state index in [2.05, 4.69) is 20.8 Å². The van der Waals surface area contributed by atoms with Crippen LogP contribution in [0.2, 0.25) is 0 Å². The molecule has 1 aromatic rings. The van der Waals surface area contributed by atoms with E-state index in [0.717, 1.165) is 25.8 Å². The number of rotatable bonds is 7. The van der Waals surface area contributed by atoms with Crippen LogP contribution in [0.15, 0.2) is 18.2 Å². The fraction of sp³-hybridized carbons (Fsp3) is 0.562. The summed E-state index contributed by atoms with van der Waals surface area (Å²) in [5, 5.41) is 0. The van der Waals surface area contributed by atoms with Crippen molar-refractivity contribution in [2.75, 3.05) is 19.4 Å². The number of amides is 1. The highest BCUT2D eigenvalue weighted by atomic mass is 16.5. The molecule has 1 aromatic carbocycles. The number of nitrogen functional groups attached to an aromatic ring is 1. The number of hydrogen-bond donors (Lipinski definition) is 1. The van der Waals surface area contributed by atoms with Crippen molar-refractivity contribution in [1.29, 1.82) is 0 Å². The third-order valence-corrected chi connectivity index (χ3v) is 3.55. The van der Waals surface area contributed by atoms with Crippen molar-refractivity contribution in [1.82, 2.24) is 4.90 Å². The zero-order valence-electron chi connectivity index (χ0n) is 13.0. The Hall–Kier alpha value is -1.71. The zero-order valence-corrected chi connectivity index (χ0v) is 13.0. The number of carbonyl (C=O) groups is 1. The third kappa shape index (κ3) is 4.15. The highest BCUT2D eigenvalue weighted by Crippen LogP contribution is 2.21. The van der Waals surface area contributed by atoms with Crippen LogP contribution in [0, 0.1) is 0 Å². The average Bonchev–Trinajstić information content (AvgIpc) is 2.46. The summed E-state index contributed by atoms with van der Waals surface area (Å²) in [7, 11) is 1.58. The summed E-state index contributed by atoms with van der Waals surface area (Å²) >= 11 is 0. The Morgan fingerprint density at radius 1 is 1.35 bits per heavy atom. The highest BCUT2D eigenvalue weighted by Gasteiger charge is 2.20. The molecule has 0 heterocycles. The second-order valence-electron chi connectivity index (χ2n) is 5.10. The molecule has 0 aliphatic heterocycles. The van der Waals surface area contributed by atoms with Gasteiger partial charge in [0, 0.05) is 29.9 Å². The molecule has 0 bridgehead atoms. The summed E-state index contributed by atoms with van der Waals surface area (Å²) in [6.07, 6.45) is 3.02. The number of benzene rings is 1. The quantitative estimate of drug-likeness (QED) is 0.778. The molecule has 2 N–H and O–H groups in total. The van der Waals surface area contributed by atoms with Crippen LogP contribution in [0.1, 0.15) is 50.4 Å². The van der Waals surface area contributed by atoms with Crippen molar-refractivity contribution in [3.63, 3.8) is 0 Å². The topological polar surface area (TPSA) is 55.6 Å². The lowest BCUT2D eigenvalue weighted by Gasteiger charge is -2.29. The molecule has 1 atom stereocenters. The van der Waals surface area contributed by atoms with Gasteiger partial charge in [-0.2, -0.15) is 0 Å². The van der Waals surface area contributed by atoms with Gasteiger partial charge in [0.25, 0.3) is 5.91 Å². The summed E-state index contributed by atoms with van der Waals surface area (Å²) < 4.78 is 5.18. The molecular weight excluding hydrogens is 252 g/mol. The Bertz CT molecular complexity index is 446. The van der Waals surface area contributed by atoms with E-state index in [1.54, 1.807) is 25.3 Å². The molecule has 1 unspecified atom stereocenters. The van der Waals surface area contributed by atoms with Crippen LogP contribution < -0.4 is 10.5 Å². The molecule has 0 aliphatic rings. The van der Waals surface area contributed by atoms with Crippen molar-refractivity contribution < 1.29 is 9.53 Å². The van der Waals surface area contributed by atoms with Gasteiger partial charge in [-0.1, -0.05) is 20.3 Å². The van der Waals surface area contributed by atoms with Crippen LogP contribution in [-0.4, -0.2) is 30.5 Å². The number of carbonyl (C=O) groups excluding carboxylic acids is 1. The lowest BCUT2D eigenvalue weighted by molar-refractivity contribution is 0.0685. The van der Waals surface area contributed by atoms with Gasteiger partial charge in [-0.25, -0.2) is 0 Å². The Morgan fingerprint density at radius 2 is 2.05 bits per heavy atom. The number of nitrogens with zero attached hydrogens (tertiary/aromatic N) is 1. The van der Waals surface area contributed by atoms with Gasteiger partial charge < -0.3 is 15.4 Å². The maximum absolute atomic E-state index is 12.7. The standard InChI is InChI=1S/C16H26N2O2/c1-5-7-8-18(12(3)6-2)16(19)13-9-14(17)11-15(10-13)20-4/h9-12H,5-8,17H2,1-4H3. The molecular formula is C16H26N2O2. The molecule has 112 valence electrons. The molecule has 0 saturated heterocycles. The Morgan fingerprint density at radius 3 is 2.60 bits per heavy atom. The SMILES string of the molecule is CCCCN(C(=O)c1cc(N)cc(OC)c1)C(C)CC. The van der Waals surface area contributed by atoms with E-state index in [4.69, 9.17) is 10.5 Å². The van der Waals surface area contributed by atoms with E-state index in [0.29, 0.717) is 17.0 Å². The molecule has 0 aliphatic carbocycles. The third-order valence-electron chi connectivity index (χ3n) is 3.55. The number of ether oxygens (including phenoxy) is 1. The van der Waals surface area contributed by atoms with Gasteiger partial charge in [-0.15, -0.1) is 0 Å². The number of methoxy groups -OCH3 is 1. The van der Waals surface area contributed by atoms with E-state index < -0.39 is 0 Å². The molecule has 4 nitrogen and oxygen atoms in total. The van der Waals surface area contributed by atoms with Crippen LogP contribution in [0.3, 0.4) is 0 Å². The fourth-order valence-electron chi connectivity index (χ4n) is 2.10. The largest absolute Gasteiger partial charge is 0.497 e. The molecule has 0 fully saturated rings. The first-order valence-corrected chi connectivity index (χ1v) is 7.29. The van der Waals surface area contributed by atoms with Crippen LogP contribution in [0.5, 0.6) is 5.75 Å². The number of nitrogens with two attached hydrogens (primary N) is 1. The van der Waals surface area contributed by atoms with E-state index >= 15 is 0 Å². The summed E-state index contributed by atoms with van der Waals surface area (Å²) in [6, 6.07) is 5.41. The Kier molecular flexibility index (Phi) is 6.36. The minimum atomic E-state index is 0.0263. The Labute approximate surface area is 121 Å². The normalized spacial score (nSPS) is 12.0. The molecule has 0 saturated carbocycles. The summed E-state index contributed by atoms with van der Waals surface area (Å²) in [5.41, 5.74) is 6.97. The minimum Gasteiger partial charge on any atom is -0.497 e. The second-order valence-corrected chi connectivity index (χ2v) is 5.10. The van der Waals surface area contributed by atoms with Gasteiger partial charge in [0.15, 0.2) is 0 Å². The minimum absolute atomic E-state index is 0.0263. The predicted molar refractivity (Wildman–Crippen MR) is 83.1 cm³/mol. The fourth-order valence-corrected chi connectivity index (χ4v) is 2.10. The molecule has 0 spiro atoms. The number of unbranched alkanes of at least 4 members (excludes halogenated alkanes) is 1. The van der Waals surface area contributed by atoms with Crippen molar-refractivity contribution in [3.05, 3.63) is 23.8 Å². The van der Waals surface area contributed by atoms with E-state index in [-0.39, 0.29) is 11.9 Å². The van der Waals surface area contributed by atoms with Gasteiger partial charge in [0.05, 0.1) is 7.11 Å². The predicted octanol–water partition coefficient (Wildman–Crippen LogP) is 3.32. The lowest BCUT2D eigenvalue weighted by atomic mass is 10.1. The first-order valence-electron chi connectivity index (χ1n) is 7.29. The van der Waals surface area contributed by atoms with Crippen molar-refractivity contribution in [2.45, 2.75) is 46.1 Å². The van der Waals surface area contributed by atoms with Crippen molar-refractivity contribution in [3.8, 4) is 5.75 Å². The molecule has 1 amide bonds.